The zero-order valence-electron chi connectivity index (χ0n) is 14.0. The van der Waals surface area contributed by atoms with Crippen LogP contribution in [0.15, 0.2) is 23.8 Å². The maximum absolute atomic E-state index is 12.4. The molecule has 1 aromatic carbocycles. The molecule has 5 heteroatoms. The fourth-order valence-corrected chi connectivity index (χ4v) is 5.01. The van der Waals surface area contributed by atoms with E-state index < -0.39 is 0 Å². The Morgan fingerprint density at radius 2 is 2.08 bits per heavy atom. The van der Waals surface area contributed by atoms with Crippen LogP contribution in [0.25, 0.3) is 0 Å². The summed E-state index contributed by atoms with van der Waals surface area (Å²) in [5.41, 5.74) is 3.77. The summed E-state index contributed by atoms with van der Waals surface area (Å²) in [6.07, 6.45) is 4.16. The smallest absolute Gasteiger partial charge is 0.231 e. The minimum absolute atomic E-state index is 0.104. The molecule has 1 fully saturated rings. The predicted molar refractivity (Wildman–Crippen MR) is 87.5 cm³/mol. The number of likely N-dealkylation sites (N-methyl/N-ethyl adjacent to an activating group) is 1. The summed E-state index contributed by atoms with van der Waals surface area (Å²) in [6, 6.07) is 4.57. The number of carbonyl (C=O) groups is 1. The summed E-state index contributed by atoms with van der Waals surface area (Å²) in [7, 11) is 3.79. The Kier molecular flexibility index (Phi) is 2.92. The zero-order valence-corrected chi connectivity index (χ0v) is 14.0. The molecule has 3 atom stereocenters. The van der Waals surface area contributed by atoms with Gasteiger partial charge in [-0.25, -0.2) is 0 Å². The van der Waals surface area contributed by atoms with Gasteiger partial charge in [-0.2, -0.15) is 0 Å². The number of ether oxygens (including phenoxy) is 3. The summed E-state index contributed by atoms with van der Waals surface area (Å²) < 4.78 is 16.7. The van der Waals surface area contributed by atoms with Crippen LogP contribution in [0.5, 0.6) is 11.5 Å². The third kappa shape index (κ3) is 1.74. The highest BCUT2D eigenvalue weighted by atomic mass is 16.7. The highest BCUT2D eigenvalue weighted by Crippen LogP contribution is 2.55. The fraction of sp³-hybridized carbons (Fsp3) is 0.526. The van der Waals surface area contributed by atoms with Gasteiger partial charge in [0.1, 0.15) is 6.10 Å². The van der Waals surface area contributed by atoms with Gasteiger partial charge in [0.05, 0.1) is 0 Å². The molecular formula is C19H21NO4. The van der Waals surface area contributed by atoms with E-state index in [1.54, 1.807) is 7.11 Å². The molecule has 1 aromatic rings. The Labute approximate surface area is 141 Å². The van der Waals surface area contributed by atoms with Crippen molar-refractivity contribution in [1.29, 1.82) is 0 Å². The molecule has 0 aromatic heterocycles. The quantitative estimate of drug-likeness (QED) is 0.787. The first-order valence-electron chi connectivity index (χ1n) is 8.54. The maximum atomic E-state index is 12.4. The van der Waals surface area contributed by atoms with E-state index in [0.29, 0.717) is 0 Å². The lowest BCUT2D eigenvalue weighted by molar-refractivity contribution is -0.126. The number of hydrogen-bond donors (Lipinski definition) is 0. The first-order valence-corrected chi connectivity index (χ1v) is 8.54. The predicted octanol–water partition coefficient (Wildman–Crippen LogP) is 1.83. The van der Waals surface area contributed by atoms with E-state index in [-0.39, 0.29) is 30.1 Å². The molecule has 2 aliphatic heterocycles. The standard InChI is InChI=1S/C19H21NO4/c1-20-4-3-19-9-18(22-2)15(21)7-13(19)14(20)5-11-6-16-17(8-12(11)19)24-10-23-16/h6-8,14,18H,3-5,9-10H2,1-2H3/t14-,18+,19-/m1/s1. The van der Waals surface area contributed by atoms with Gasteiger partial charge in [-0.1, -0.05) is 0 Å². The van der Waals surface area contributed by atoms with E-state index in [1.807, 2.05) is 6.08 Å². The molecule has 0 radical (unpaired) electrons. The van der Waals surface area contributed by atoms with Crippen molar-refractivity contribution >= 4 is 5.78 Å². The Hall–Kier alpha value is -1.85. The summed E-state index contributed by atoms with van der Waals surface area (Å²) in [5, 5.41) is 0. The average Bonchev–Trinajstić information content (AvgIpc) is 3.04. The third-order valence-corrected chi connectivity index (χ3v) is 6.30. The van der Waals surface area contributed by atoms with Gasteiger partial charge in [-0.15, -0.1) is 0 Å². The molecule has 4 aliphatic rings. The van der Waals surface area contributed by atoms with Crippen molar-refractivity contribution in [3.05, 3.63) is 34.9 Å². The van der Waals surface area contributed by atoms with Crippen LogP contribution in [-0.2, 0) is 21.4 Å². The van der Waals surface area contributed by atoms with Crippen molar-refractivity contribution in [2.24, 2.45) is 0 Å². The van der Waals surface area contributed by atoms with E-state index in [2.05, 4.69) is 24.1 Å². The second-order valence-corrected chi connectivity index (χ2v) is 7.33. The molecule has 2 bridgehead atoms. The zero-order chi connectivity index (χ0) is 16.5. The summed E-state index contributed by atoms with van der Waals surface area (Å²) in [6.45, 7) is 1.32. The van der Waals surface area contributed by atoms with Gasteiger partial charge in [0, 0.05) is 18.6 Å². The summed E-state index contributed by atoms with van der Waals surface area (Å²) in [5.74, 6) is 1.77. The molecule has 5 nitrogen and oxygen atoms in total. The molecule has 126 valence electrons. The molecule has 2 heterocycles. The number of fused-ring (bicyclic) bond motifs is 2. The van der Waals surface area contributed by atoms with Crippen molar-refractivity contribution in [1.82, 2.24) is 4.90 Å². The normalized spacial score (nSPS) is 33.8. The number of likely N-dealkylation sites (tertiary alicyclic amines) is 1. The van der Waals surface area contributed by atoms with Crippen LogP contribution < -0.4 is 9.47 Å². The van der Waals surface area contributed by atoms with Crippen molar-refractivity contribution < 1.29 is 19.0 Å². The van der Waals surface area contributed by atoms with Gasteiger partial charge in [-0.05, 0) is 67.8 Å². The van der Waals surface area contributed by atoms with Crippen molar-refractivity contribution in [3.8, 4) is 11.5 Å². The van der Waals surface area contributed by atoms with Gasteiger partial charge in [0.15, 0.2) is 17.3 Å². The first kappa shape index (κ1) is 14.5. The topological polar surface area (TPSA) is 48.0 Å². The number of carbonyl (C=O) groups excluding carboxylic acids is 1. The molecule has 0 saturated carbocycles. The number of nitrogens with zero attached hydrogens (tertiary/aromatic N) is 1. The van der Waals surface area contributed by atoms with Crippen LogP contribution in [0.4, 0.5) is 0 Å². The Morgan fingerprint density at radius 1 is 1.29 bits per heavy atom. The van der Waals surface area contributed by atoms with Crippen molar-refractivity contribution in [2.45, 2.75) is 36.8 Å². The van der Waals surface area contributed by atoms with Crippen LogP contribution >= 0.6 is 0 Å². The molecule has 0 N–H and O–H groups in total. The van der Waals surface area contributed by atoms with Gasteiger partial charge < -0.3 is 14.2 Å². The monoisotopic (exact) mass is 327 g/mol. The van der Waals surface area contributed by atoms with E-state index in [9.17, 15) is 4.79 Å². The second kappa shape index (κ2) is 4.83. The second-order valence-electron chi connectivity index (χ2n) is 7.33. The van der Waals surface area contributed by atoms with E-state index in [4.69, 9.17) is 14.2 Å². The van der Waals surface area contributed by atoms with E-state index in [1.165, 1.54) is 16.7 Å². The fourth-order valence-electron chi connectivity index (χ4n) is 5.01. The largest absolute Gasteiger partial charge is 0.454 e. The number of ketones is 1. The van der Waals surface area contributed by atoms with Gasteiger partial charge in [-0.3, -0.25) is 9.69 Å². The molecular weight excluding hydrogens is 306 g/mol. The highest BCUT2D eigenvalue weighted by Gasteiger charge is 2.53. The summed E-state index contributed by atoms with van der Waals surface area (Å²) >= 11 is 0. The number of hydrogen-bond acceptors (Lipinski definition) is 5. The number of piperidine rings is 1. The molecule has 0 unspecified atom stereocenters. The molecule has 0 amide bonds. The SMILES string of the molecule is CO[C@H]1C[C@]23CCN(C)[C@H](Cc4cc5c(cc42)OCO5)C3=CC1=O. The highest BCUT2D eigenvalue weighted by molar-refractivity contribution is 5.96. The molecule has 5 rings (SSSR count). The van der Waals surface area contributed by atoms with Crippen LogP contribution in [0.2, 0.25) is 0 Å². The Morgan fingerprint density at radius 3 is 2.88 bits per heavy atom. The van der Waals surface area contributed by atoms with Crippen molar-refractivity contribution in [3.63, 3.8) is 0 Å². The van der Waals surface area contributed by atoms with Crippen LogP contribution in [-0.4, -0.2) is 50.3 Å². The molecule has 2 aliphatic carbocycles. The van der Waals surface area contributed by atoms with Crippen LogP contribution in [0, 0.1) is 0 Å². The summed E-state index contributed by atoms with van der Waals surface area (Å²) in [4.78, 5) is 14.8. The van der Waals surface area contributed by atoms with E-state index >= 15 is 0 Å². The third-order valence-electron chi connectivity index (χ3n) is 6.30. The lowest BCUT2D eigenvalue weighted by Crippen LogP contribution is -2.57. The molecule has 1 saturated heterocycles. The van der Waals surface area contributed by atoms with Gasteiger partial charge in [0.25, 0.3) is 0 Å². The minimum atomic E-state index is -0.353. The molecule has 24 heavy (non-hydrogen) atoms. The van der Waals surface area contributed by atoms with Gasteiger partial charge in [0.2, 0.25) is 6.79 Å². The van der Waals surface area contributed by atoms with Crippen LogP contribution in [0.1, 0.15) is 24.0 Å². The number of methoxy groups -OCH3 is 1. The minimum Gasteiger partial charge on any atom is -0.454 e. The van der Waals surface area contributed by atoms with E-state index in [0.717, 1.165) is 37.3 Å². The number of rotatable bonds is 1. The Bertz CT molecular complexity index is 771. The first-order chi connectivity index (χ1) is 11.6. The van der Waals surface area contributed by atoms with Crippen LogP contribution in [0.3, 0.4) is 0 Å². The lowest BCUT2D eigenvalue weighted by Gasteiger charge is -2.54. The molecule has 0 spiro atoms. The number of benzene rings is 1. The Balaban J connectivity index is 1.74. The lowest BCUT2D eigenvalue weighted by atomic mass is 9.56. The average molecular weight is 327 g/mol. The van der Waals surface area contributed by atoms with Gasteiger partial charge >= 0.3 is 0 Å². The maximum Gasteiger partial charge on any atom is 0.231 e. The van der Waals surface area contributed by atoms with Crippen molar-refractivity contribution in [2.75, 3.05) is 27.5 Å².